The SMILES string of the molecule is C/C=C/C[C@@H](C)[C@@H](O)[C@H]1C(=O)N[C@@H](CC)C(=O)N(C)CC(=O)N(C)[C@@H]([C@H](C)OCCCCO)C(=O)N[C@@H](C(C)C)C(=O)N(C)[C@@H](CC(C)C)C(=O)N[C@@H](C)C(=O)N[C@H](C)C(=O)N(C)[C@@H](CC(C)C)C(=O)N(C)[C@@H](CC(C)C)C(=O)N(C)[C@@H](C(C)C)C(=O)N1C. The van der Waals surface area contributed by atoms with Crippen LogP contribution in [0, 0.1) is 35.5 Å². The molecule has 6 N–H and O–H groups in total. The maximum Gasteiger partial charge on any atom is 0.246 e. The minimum atomic E-state index is -1.64. The lowest BCUT2D eigenvalue weighted by Gasteiger charge is -2.41. The Kier molecular flexibility index (Phi) is 34.3. The molecule has 1 rings (SSSR count). The van der Waals surface area contributed by atoms with Gasteiger partial charge in [-0.2, -0.15) is 0 Å². The standard InChI is InChI=1S/C64H115N11O14/c1-24-26-29-41(13)54(78)53-58(82)67-45(25-2)60(84)69(17)35-49(77)73(21)52(44(16)89-31-28-27-30-76)57(81)68-50(39(9)10)63(87)70(18)46(32-36(3)4)56(80)65-42(14)55(79)66-43(15)59(83)71(19)47(33-37(5)6)61(85)72(20)48(34-38(7)8)62(86)74(22)51(40(11)12)64(88)75(53)23/h24,26,36-48,50-54,76,78H,25,27-35H2,1-23H3,(H,65,80)(H,66,79)(H,67,82)(H,68,81)/b26-24+/t41-,42+,43-,44+,45+,46+,47+,48+,50+,51+,52+,53+,54-/m1/s1. The van der Waals surface area contributed by atoms with Crippen molar-refractivity contribution in [2.45, 2.75) is 228 Å². The third-order valence-corrected chi connectivity index (χ3v) is 16.7. The Labute approximate surface area is 531 Å². The molecule has 89 heavy (non-hydrogen) atoms. The Bertz CT molecular complexity index is 2400. The first-order valence-corrected chi connectivity index (χ1v) is 31.8. The number of likely N-dealkylation sites (N-methyl/N-ethyl adjacent to an activating group) is 7. The molecule has 1 heterocycles. The molecular weight excluding hydrogens is 1150 g/mol. The Balaban J connectivity index is 4.38. The van der Waals surface area contributed by atoms with Crippen LogP contribution in [0.5, 0.6) is 0 Å². The van der Waals surface area contributed by atoms with Crippen LogP contribution < -0.4 is 21.3 Å². The zero-order valence-corrected chi connectivity index (χ0v) is 58.0. The van der Waals surface area contributed by atoms with E-state index in [2.05, 4.69) is 21.3 Å². The maximum absolute atomic E-state index is 15.2. The minimum absolute atomic E-state index is 0.0135. The molecule has 510 valence electrons. The zero-order chi connectivity index (χ0) is 68.8. The summed E-state index contributed by atoms with van der Waals surface area (Å²) in [6.07, 6.45) is 2.49. The molecule has 0 aromatic rings. The van der Waals surface area contributed by atoms with E-state index in [0.717, 1.165) is 14.7 Å². The van der Waals surface area contributed by atoms with Gasteiger partial charge in [-0.15, -0.1) is 0 Å². The number of ether oxygens (including phenoxy) is 1. The number of aliphatic hydroxyl groups is 2. The molecule has 0 aliphatic carbocycles. The zero-order valence-electron chi connectivity index (χ0n) is 58.0. The van der Waals surface area contributed by atoms with E-state index in [1.54, 1.807) is 67.5 Å². The quantitative estimate of drug-likeness (QED) is 0.0800. The molecule has 0 aromatic carbocycles. The first-order valence-electron chi connectivity index (χ1n) is 31.8. The van der Waals surface area contributed by atoms with Gasteiger partial charge in [0, 0.05) is 62.5 Å². The number of amides is 11. The highest BCUT2D eigenvalue weighted by atomic mass is 16.5. The molecular formula is C64H115N11O14. The third kappa shape index (κ3) is 23.2. The van der Waals surface area contributed by atoms with Gasteiger partial charge in [-0.25, -0.2) is 0 Å². The van der Waals surface area contributed by atoms with Crippen LogP contribution >= 0.6 is 0 Å². The number of carbonyl (C=O) groups excluding carboxylic acids is 11. The van der Waals surface area contributed by atoms with Crippen molar-refractivity contribution in [2.75, 3.05) is 69.1 Å². The molecule has 0 unspecified atom stereocenters. The van der Waals surface area contributed by atoms with Gasteiger partial charge < -0.3 is 70.5 Å². The van der Waals surface area contributed by atoms with Crippen molar-refractivity contribution in [2.24, 2.45) is 35.5 Å². The summed E-state index contributed by atoms with van der Waals surface area (Å²) in [6, 6.07) is -12.9. The van der Waals surface area contributed by atoms with Gasteiger partial charge in [-0.3, -0.25) is 52.7 Å². The maximum atomic E-state index is 15.2. The van der Waals surface area contributed by atoms with Gasteiger partial charge in [0.15, 0.2) is 0 Å². The van der Waals surface area contributed by atoms with Gasteiger partial charge in [0.2, 0.25) is 65.0 Å². The van der Waals surface area contributed by atoms with Gasteiger partial charge in [0.05, 0.1) is 18.8 Å². The number of unbranched alkanes of at least 4 members (excludes halogenated alkanes) is 1. The first kappa shape index (κ1) is 80.8. The van der Waals surface area contributed by atoms with Crippen LogP contribution in [0.4, 0.5) is 0 Å². The third-order valence-electron chi connectivity index (χ3n) is 16.7. The smallest absolute Gasteiger partial charge is 0.246 e. The van der Waals surface area contributed by atoms with E-state index < -0.39 is 162 Å². The summed E-state index contributed by atoms with van der Waals surface area (Å²) in [4.78, 5) is 169. The lowest BCUT2D eigenvalue weighted by atomic mass is 9.91. The molecule has 1 aliphatic rings. The first-order chi connectivity index (χ1) is 41.3. The Hall–Kier alpha value is -6.21. The number of aliphatic hydroxyl groups excluding tert-OH is 2. The van der Waals surface area contributed by atoms with Crippen LogP contribution in [0.15, 0.2) is 12.2 Å². The lowest BCUT2D eigenvalue weighted by Crippen LogP contribution is -2.63. The molecule has 13 atom stereocenters. The van der Waals surface area contributed by atoms with Crippen LogP contribution in [0.3, 0.4) is 0 Å². The molecule has 0 aromatic heterocycles. The largest absolute Gasteiger partial charge is 0.396 e. The van der Waals surface area contributed by atoms with Gasteiger partial charge >= 0.3 is 0 Å². The average Bonchev–Trinajstić information content (AvgIpc) is 0.987. The number of allylic oxidation sites excluding steroid dienone is 2. The van der Waals surface area contributed by atoms with Gasteiger partial charge in [0.25, 0.3) is 0 Å². The fraction of sp³-hybridized carbons (Fsp3) is 0.797. The lowest BCUT2D eigenvalue weighted by molar-refractivity contribution is -0.157. The van der Waals surface area contributed by atoms with Gasteiger partial charge in [-0.1, -0.05) is 95.2 Å². The predicted octanol–water partition coefficient (Wildman–Crippen LogP) is 2.40. The molecule has 0 saturated carbocycles. The van der Waals surface area contributed by atoms with Crippen LogP contribution in [-0.2, 0) is 57.5 Å². The van der Waals surface area contributed by atoms with E-state index in [-0.39, 0.29) is 56.7 Å². The van der Waals surface area contributed by atoms with Crippen LogP contribution in [-0.4, -0.2) is 251 Å². The Morgan fingerprint density at radius 3 is 1.47 bits per heavy atom. The van der Waals surface area contributed by atoms with E-state index in [0.29, 0.717) is 19.3 Å². The molecule has 0 spiro atoms. The molecule has 25 nitrogen and oxygen atoms in total. The molecule has 1 saturated heterocycles. The summed E-state index contributed by atoms with van der Waals surface area (Å²) in [5, 5.41) is 32.5. The molecule has 25 heteroatoms. The number of hydrogen-bond acceptors (Lipinski definition) is 14. The predicted molar refractivity (Wildman–Crippen MR) is 341 cm³/mol. The van der Waals surface area contributed by atoms with Crippen LogP contribution in [0.1, 0.15) is 156 Å². The summed E-state index contributed by atoms with van der Waals surface area (Å²) in [5.74, 6) is -10.2. The van der Waals surface area contributed by atoms with E-state index in [1.165, 1.54) is 82.8 Å². The molecule has 1 fully saturated rings. The fourth-order valence-corrected chi connectivity index (χ4v) is 11.0. The molecule has 11 amide bonds. The van der Waals surface area contributed by atoms with Crippen LogP contribution in [0.2, 0.25) is 0 Å². The van der Waals surface area contributed by atoms with Crippen LogP contribution in [0.25, 0.3) is 0 Å². The number of nitrogens with zero attached hydrogens (tertiary/aromatic N) is 7. The second-order valence-electron chi connectivity index (χ2n) is 26.4. The molecule has 0 radical (unpaired) electrons. The molecule has 0 bridgehead atoms. The van der Waals surface area contributed by atoms with Crippen molar-refractivity contribution >= 4 is 65.0 Å². The second-order valence-corrected chi connectivity index (χ2v) is 26.4. The van der Waals surface area contributed by atoms with Gasteiger partial charge in [0.1, 0.15) is 60.4 Å². The summed E-state index contributed by atoms with van der Waals surface area (Å²) < 4.78 is 6.06. The highest BCUT2D eigenvalue weighted by Gasteiger charge is 2.46. The average molecular weight is 1260 g/mol. The van der Waals surface area contributed by atoms with Crippen molar-refractivity contribution in [3.63, 3.8) is 0 Å². The van der Waals surface area contributed by atoms with E-state index in [9.17, 15) is 53.4 Å². The van der Waals surface area contributed by atoms with E-state index in [1.807, 2.05) is 41.5 Å². The monoisotopic (exact) mass is 1260 g/mol. The number of hydrogen-bond donors (Lipinski definition) is 6. The summed E-state index contributed by atoms with van der Waals surface area (Å²) in [6.45, 7) is 26.8. The van der Waals surface area contributed by atoms with E-state index in [4.69, 9.17) is 4.74 Å². The van der Waals surface area contributed by atoms with Crippen molar-refractivity contribution in [3.8, 4) is 0 Å². The highest BCUT2D eigenvalue weighted by Crippen LogP contribution is 2.26. The van der Waals surface area contributed by atoms with Gasteiger partial charge in [-0.05, 0) is 108 Å². The summed E-state index contributed by atoms with van der Waals surface area (Å²) in [7, 11) is 9.73. The minimum Gasteiger partial charge on any atom is -0.396 e. The summed E-state index contributed by atoms with van der Waals surface area (Å²) >= 11 is 0. The molecule has 1 aliphatic heterocycles. The number of carbonyl (C=O) groups is 11. The summed E-state index contributed by atoms with van der Waals surface area (Å²) in [5.41, 5.74) is 0. The Morgan fingerprint density at radius 2 is 0.989 bits per heavy atom. The topological polar surface area (TPSA) is 308 Å². The van der Waals surface area contributed by atoms with Crippen molar-refractivity contribution in [1.82, 2.24) is 55.6 Å². The second kappa shape index (κ2) is 37.8. The number of rotatable bonds is 19. The van der Waals surface area contributed by atoms with Crippen molar-refractivity contribution in [3.05, 3.63) is 12.2 Å². The fourth-order valence-electron chi connectivity index (χ4n) is 11.0. The van der Waals surface area contributed by atoms with Crippen molar-refractivity contribution < 1.29 is 67.7 Å². The van der Waals surface area contributed by atoms with Crippen molar-refractivity contribution in [1.29, 1.82) is 0 Å². The Morgan fingerprint density at radius 1 is 0.517 bits per heavy atom. The number of nitrogens with one attached hydrogen (secondary N) is 4. The normalized spacial score (nSPS) is 26.5. The highest BCUT2D eigenvalue weighted by molar-refractivity contribution is 5.99. The van der Waals surface area contributed by atoms with E-state index >= 15 is 9.59 Å².